The molecule has 146 valence electrons. The molecule has 0 saturated heterocycles. The summed E-state index contributed by atoms with van der Waals surface area (Å²) < 4.78 is 38.9. The van der Waals surface area contributed by atoms with Crippen LogP contribution in [0.3, 0.4) is 0 Å². The number of anilines is 3. The number of hydrogen-bond donors (Lipinski definition) is 2. The fourth-order valence-corrected chi connectivity index (χ4v) is 4.09. The average Bonchev–Trinajstić information content (AvgIpc) is 3.09. The van der Waals surface area contributed by atoms with Gasteiger partial charge in [0, 0.05) is 11.4 Å². The molecule has 0 radical (unpaired) electrons. The van der Waals surface area contributed by atoms with Crippen LogP contribution in [0.5, 0.6) is 0 Å². The molecule has 1 heterocycles. The smallest absolute Gasteiger partial charge is 0.330 e. The highest BCUT2D eigenvalue weighted by molar-refractivity contribution is 8.02. The standard InChI is InChI=1S/C18H15F3N4OS2/c1-11(15(26)22-14-9-5-6-12(10-14)18(19,20)21)27-17-25-24-16(28-17)23-13-7-3-2-4-8-13/h2-11H,1H3,(H,22,26)(H,23,24). The van der Waals surface area contributed by atoms with Crippen LogP contribution in [0.4, 0.5) is 29.7 Å². The summed E-state index contributed by atoms with van der Waals surface area (Å²) in [6, 6.07) is 14.0. The molecule has 3 aromatic rings. The van der Waals surface area contributed by atoms with Crippen molar-refractivity contribution in [3.63, 3.8) is 0 Å². The van der Waals surface area contributed by atoms with E-state index in [-0.39, 0.29) is 5.69 Å². The molecular formula is C18H15F3N4OS2. The number of nitrogens with one attached hydrogen (secondary N) is 2. The van der Waals surface area contributed by atoms with Gasteiger partial charge >= 0.3 is 6.18 Å². The summed E-state index contributed by atoms with van der Waals surface area (Å²) in [4.78, 5) is 12.3. The second kappa shape index (κ2) is 8.61. The number of thioether (sulfide) groups is 1. The van der Waals surface area contributed by atoms with E-state index in [1.54, 1.807) is 6.92 Å². The normalized spacial score (nSPS) is 12.4. The van der Waals surface area contributed by atoms with E-state index in [0.29, 0.717) is 9.47 Å². The van der Waals surface area contributed by atoms with Crippen molar-refractivity contribution in [1.82, 2.24) is 10.2 Å². The number of carbonyl (C=O) groups is 1. The zero-order valence-corrected chi connectivity index (χ0v) is 16.2. The Balaban J connectivity index is 1.59. The van der Waals surface area contributed by atoms with Gasteiger partial charge in [-0.1, -0.05) is 47.4 Å². The molecule has 5 nitrogen and oxygen atoms in total. The number of nitrogens with zero attached hydrogens (tertiary/aromatic N) is 2. The number of amides is 1. The van der Waals surface area contributed by atoms with Gasteiger partial charge in [0.05, 0.1) is 10.8 Å². The Kier molecular flexibility index (Phi) is 6.20. The van der Waals surface area contributed by atoms with Crippen molar-refractivity contribution in [3.8, 4) is 0 Å². The van der Waals surface area contributed by atoms with E-state index in [1.165, 1.54) is 35.2 Å². The summed E-state index contributed by atoms with van der Waals surface area (Å²) in [5.74, 6) is -0.419. The van der Waals surface area contributed by atoms with E-state index in [0.717, 1.165) is 17.8 Å². The van der Waals surface area contributed by atoms with Crippen molar-refractivity contribution in [3.05, 3.63) is 60.2 Å². The van der Waals surface area contributed by atoms with E-state index in [9.17, 15) is 18.0 Å². The van der Waals surface area contributed by atoms with E-state index in [1.807, 2.05) is 30.3 Å². The molecule has 2 N–H and O–H groups in total. The Labute approximate surface area is 167 Å². The summed E-state index contributed by atoms with van der Waals surface area (Å²) in [5.41, 5.74) is 0.146. The lowest BCUT2D eigenvalue weighted by molar-refractivity contribution is -0.137. The fraction of sp³-hybridized carbons (Fsp3) is 0.167. The van der Waals surface area contributed by atoms with Crippen LogP contribution in [0.2, 0.25) is 0 Å². The highest BCUT2D eigenvalue weighted by Crippen LogP contribution is 2.32. The van der Waals surface area contributed by atoms with Gasteiger partial charge in [-0.25, -0.2) is 0 Å². The molecule has 0 bridgehead atoms. The predicted molar refractivity (Wildman–Crippen MR) is 105 cm³/mol. The number of hydrogen-bond acceptors (Lipinski definition) is 6. The molecule has 0 aliphatic rings. The summed E-state index contributed by atoms with van der Waals surface area (Å²) in [7, 11) is 0. The summed E-state index contributed by atoms with van der Waals surface area (Å²) in [6.07, 6.45) is -4.46. The molecule has 1 aromatic heterocycles. The molecule has 0 aliphatic carbocycles. The highest BCUT2D eigenvalue weighted by atomic mass is 32.2. The average molecular weight is 424 g/mol. The Bertz CT molecular complexity index is 947. The van der Waals surface area contributed by atoms with Gasteiger partial charge in [0.1, 0.15) is 0 Å². The zero-order chi connectivity index (χ0) is 20.1. The first-order valence-electron chi connectivity index (χ1n) is 8.11. The van der Waals surface area contributed by atoms with Crippen molar-refractivity contribution in [2.75, 3.05) is 10.6 Å². The third-order valence-electron chi connectivity index (χ3n) is 3.54. The fourth-order valence-electron chi connectivity index (χ4n) is 2.17. The molecule has 1 amide bonds. The Morgan fingerprint density at radius 3 is 2.50 bits per heavy atom. The lowest BCUT2D eigenvalue weighted by atomic mass is 10.2. The van der Waals surface area contributed by atoms with Crippen LogP contribution in [0.1, 0.15) is 12.5 Å². The topological polar surface area (TPSA) is 66.9 Å². The lowest BCUT2D eigenvalue weighted by Gasteiger charge is -2.12. The number of alkyl halides is 3. The zero-order valence-electron chi connectivity index (χ0n) is 14.5. The van der Waals surface area contributed by atoms with E-state index in [4.69, 9.17) is 0 Å². The van der Waals surface area contributed by atoms with Gasteiger partial charge in [0.2, 0.25) is 11.0 Å². The Hall–Kier alpha value is -2.59. The summed E-state index contributed by atoms with van der Waals surface area (Å²) in [6.45, 7) is 1.65. The number of para-hydroxylation sites is 1. The van der Waals surface area contributed by atoms with Crippen molar-refractivity contribution >= 4 is 45.5 Å². The molecule has 0 fully saturated rings. The number of halogens is 3. The summed E-state index contributed by atoms with van der Waals surface area (Å²) >= 11 is 2.47. The monoisotopic (exact) mass is 424 g/mol. The maximum absolute atomic E-state index is 12.8. The Morgan fingerprint density at radius 1 is 1.07 bits per heavy atom. The van der Waals surface area contributed by atoms with Crippen LogP contribution >= 0.6 is 23.1 Å². The second-order valence-corrected chi connectivity index (χ2v) is 8.26. The van der Waals surface area contributed by atoms with Crippen molar-refractivity contribution in [1.29, 1.82) is 0 Å². The van der Waals surface area contributed by atoms with Crippen molar-refractivity contribution < 1.29 is 18.0 Å². The van der Waals surface area contributed by atoms with Crippen LogP contribution in [-0.4, -0.2) is 21.4 Å². The molecule has 1 unspecified atom stereocenters. The number of benzene rings is 2. The molecule has 0 spiro atoms. The molecular weight excluding hydrogens is 409 g/mol. The van der Waals surface area contributed by atoms with Crippen LogP contribution < -0.4 is 10.6 Å². The van der Waals surface area contributed by atoms with Crippen LogP contribution in [-0.2, 0) is 11.0 Å². The predicted octanol–water partition coefficient (Wildman–Crippen LogP) is 5.42. The van der Waals surface area contributed by atoms with Gasteiger partial charge in [0.15, 0.2) is 4.34 Å². The van der Waals surface area contributed by atoms with Gasteiger partial charge in [-0.05, 0) is 37.3 Å². The molecule has 3 rings (SSSR count). The minimum Gasteiger partial charge on any atom is -0.330 e. The van der Waals surface area contributed by atoms with Crippen molar-refractivity contribution in [2.45, 2.75) is 22.7 Å². The maximum atomic E-state index is 12.8. The minimum absolute atomic E-state index is 0.0935. The van der Waals surface area contributed by atoms with Gasteiger partial charge in [-0.3, -0.25) is 4.79 Å². The van der Waals surface area contributed by atoms with Crippen molar-refractivity contribution in [2.24, 2.45) is 0 Å². The molecule has 10 heteroatoms. The third kappa shape index (κ3) is 5.46. The van der Waals surface area contributed by atoms with Crippen LogP contribution in [0.15, 0.2) is 58.9 Å². The third-order valence-corrected chi connectivity index (χ3v) is 5.56. The minimum atomic E-state index is -4.46. The lowest BCUT2D eigenvalue weighted by Crippen LogP contribution is -2.22. The largest absolute Gasteiger partial charge is 0.416 e. The first kappa shape index (κ1) is 20.2. The molecule has 1 atom stereocenters. The molecule has 0 aliphatic heterocycles. The first-order chi connectivity index (χ1) is 13.3. The number of aromatic nitrogens is 2. The second-order valence-electron chi connectivity index (χ2n) is 5.69. The highest BCUT2D eigenvalue weighted by Gasteiger charge is 2.30. The van der Waals surface area contributed by atoms with Crippen LogP contribution in [0.25, 0.3) is 0 Å². The van der Waals surface area contributed by atoms with Gasteiger partial charge in [-0.15, -0.1) is 10.2 Å². The summed E-state index contributed by atoms with van der Waals surface area (Å²) in [5, 5.41) is 13.7. The maximum Gasteiger partial charge on any atom is 0.416 e. The van der Waals surface area contributed by atoms with E-state index < -0.39 is 22.9 Å². The molecule has 2 aromatic carbocycles. The molecule has 0 saturated carbocycles. The SMILES string of the molecule is CC(Sc1nnc(Nc2ccccc2)s1)C(=O)Nc1cccc(C(F)(F)F)c1. The van der Waals surface area contributed by atoms with Crippen LogP contribution in [0, 0.1) is 0 Å². The number of rotatable bonds is 6. The van der Waals surface area contributed by atoms with E-state index in [2.05, 4.69) is 20.8 Å². The van der Waals surface area contributed by atoms with E-state index >= 15 is 0 Å². The Morgan fingerprint density at radius 2 is 1.79 bits per heavy atom. The van der Waals surface area contributed by atoms with Gasteiger partial charge < -0.3 is 10.6 Å². The van der Waals surface area contributed by atoms with Gasteiger partial charge in [0.25, 0.3) is 0 Å². The quantitative estimate of drug-likeness (QED) is 0.517. The number of carbonyl (C=O) groups excluding carboxylic acids is 1. The van der Waals surface area contributed by atoms with Gasteiger partial charge in [-0.2, -0.15) is 13.2 Å². The molecule has 28 heavy (non-hydrogen) atoms. The first-order valence-corrected chi connectivity index (χ1v) is 9.81.